The molecule has 4 heteroatoms. The van der Waals surface area contributed by atoms with E-state index in [1.807, 2.05) is 13.8 Å². The summed E-state index contributed by atoms with van der Waals surface area (Å²) >= 11 is 0. The van der Waals surface area contributed by atoms with Gasteiger partial charge in [-0.15, -0.1) is 0 Å². The van der Waals surface area contributed by atoms with Crippen molar-refractivity contribution in [1.82, 2.24) is 4.90 Å². The molecule has 1 aliphatic heterocycles. The topological polar surface area (TPSA) is 20.3 Å². The van der Waals surface area contributed by atoms with Gasteiger partial charge < -0.3 is 4.90 Å². The molecule has 0 aliphatic carbocycles. The number of rotatable bonds is 1. The van der Waals surface area contributed by atoms with Crippen molar-refractivity contribution in [2.24, 2.45) is 11.8 Å². The van der Waals surface area contributed by atoms with Gasteiger partial charge in [-0.3, -0.25) is 4.79 Å². The van der Waals surface area contributed by atoms with Crippen molar-refractivity contribution < 1.29 is 13.6 Å². The van der Waals surface area contributed by atoms with Crippen LogP contribution in [0.15, 0.2) is 18.2 Å². The molecule has 1 amide bonds. The highest BCUT2D eigenvalue weighted by molar-refractivity contribution is 5.94. The Kier molecular flexibility index (Phi) is 3.64. The molecule has 1 heterocycles. The van der Waals surface area contributed by atoms with Gasteiger partial charge in [-0.05, 0) is 30.4 Å². The molecule has 0 bridgehead atoms. The number of amides is 1. The Labute approximate surface area is 106 Å². The van der Waals surface area contributed by atoms with Crippen LogP contribution in [0.4, 0.5) is 8.78 Å². The van der Waals surface area contributed by atoms with E-state index < -0.39 is 23.1 Å². The zero-order valence-electron chi connectivity index (χ0n) is 10.6. The first-order chi connectivity index (χ1) is 8.49. The molecule has 2 atom stereocenters. The van der Waals surface area contributed by atoms with Crippen molar-refractivity contribution in [3.05, 3.63) is 35.4 Å². The van der Waals surface area contributed by atoms with Crippen molar-refractivity contribution in [3.8, 4) is 0 Å². The second-order valence-electron chi connectivity index (χ2n) is 5.25. The summed E-state index contributed by atoms with van der Waals surface area (Å²) in [6.45, 7) is 5.23. The number of hydrogen-bond acceptors (Lipinski definition) is 1. The van der Waals surface area contributed by atoms with Gasteiger partial charge in [0.1, 0.15) is 17.2 Å². The summed E-state index contributed by atoms with van der Waals surface area (Å²) in [4.78, 5) is 13.7. The van der Waals surface area contributed by atoms with Gasteiger partial charge in [-0.25, -0.2) is 8.78 Å². The first kappa shape index (κ1) is 13.0. The van der Waals surface area contributed by atoms with E-state index in [4.69, 9.17) is 0 Å². The Morgan fingerprint density at radius 1 is 1.17 bits per heavy atom. The zero-order valence-corrected chi connectivity index (χ0v) is 10.6. The lowest BCUT2D eigenvalue weighted by Crippen LogP contribution is -2.43. The summed E-state index contributed by atoms with van der Waals surface area (Å²) in [6.07, 6.45) is 1.05. The zero-order chi connectivity index (χ0) is 13.3. The molecular formula is C14H17F2NO. The van der Waals surface area contributed by atoms with Crippen molar-refractivity contribution >= 4 is 5.91 Å². The highest BCUT2D eigenvalue weighted by Crippen LogP contribution is 2.24. The number of hydrogen-bond donors (Lipinski definition) is 0. The number of carbonyl (C=O) groups excluding carboxylic acids is 1. The van der Waals surface area contributed by atoms with E-state index >= 15 is 0 Å². The number of carbonyl (C=O) groups is 1. The van der Waals surface area contributed by atoms with E-state index in [0.29, 0.717) is 24.9 Å². The predicted molar refractivity (Wildman–Crippen MR) is 65.2 cm³/mol. The molecule has 1 aromatic rings. The van der Waals surface area contributed by atoms with Crippen LogP contribution in [-0.4, -0.2) is 23.9 Å². The van der Waals surface area contributed by atoms with Crippen molar-refractivity contribution in [1.29, 1.82) is 0 Å². The Balaban J connectivity index is 2.26. The minimum absolute atomic E-state index is 0.368. The van der Waals surface area contributed by atoms with E-state index in [9.17, 15) is 13.6 Å². The summed E-state index contributed by atoms with van der Waals surface area (Å²) < 4.78 is 27.1. The largest absolute Gasteiger partial charge is 0.338 e. The quantitative estimate of drug-likeness (QED) is 0.753. The number of likely N-dealkylation sites (tertiary alicyclic amines) is 1. The van der Waals surface area contributed by atoms with Crippen LogP contribution >= 0.6 is 0 Å². The standard InChI is InChI=1S/C14H17F2NO/c1-9-6-10(2)8-17(7-9)14(18)13-11(15)4-3-5-12(13)16/h3-5,9-10H,6-8H2,1-2H3. The fraction of sp³-hybridized carbons (Fsp3) is 0.500. The Bertz CT molecular complexity index is 431. The molecule has 1 fully saturated rings. The minimum Gasteiger partial charge on any atom is -0.338 e. The maximum absolute atomic E-state index is 13.6. The molecule has 2 nitrogen and oxygen atoms in total. The van der Waals surface area contributed by atoms with Gasteiger partial charge in [0.05, 0.1) is 0 Å². The molecule has 0 aromatic heterocycles. The van der Waals surface area contributed by atoms with Crippen LogP contribution in [0.1, 0.15) is 30.6 Å². The van der Waals surface area contributed by atoms with Gasteiger partial charge in [-0.2, -0.15) is 0 Å². The minimum atomic E-state index is -0.786. The summed E-state index contributed by atoms with van der Waals surface area (Å²) in [5, 5.41) is 0. The maximum atomic E-state index is 13.6. The average molecular weight is 253 g/mol. The van der Waals surface area contributed by atoms with Crippen LogP contribution in [-0.2, 0) is 0 Å². The fourth-order valence-corrected chi connectivity index (χ4v) is 2.69. The molecule has 1 saturated heterocycles. The highest BCUT2D eigenvalue weighted by Gasteiger charge is 2.29. The van der Waals surface area contributed by atoms with Crippen LogP contribution in [0.2, 0.25) is 0 Å². The number of benzene rings is 1. The second-order valence-corrected chi connectivity index (χ2v) is 5.25. The smallest absolute Gasteiger partial charge is 0.259 e. The Hall–Kier alpha value is -1.45. The van der Waals surface area contributed by atoms with E-state index in [-0.39, 0.29) is 0 Å². The van der Waals surface area contributed by atoms with Gasteiger partial charge in [0.2, 0.25) is 0 Å². The molecule has 18 heavy (non-hydrogen) atoms. The summed E-state index contributed by atoms with van der Waals surface area (Å²) in [6, 6.07) is 3.50. The van der Waals surface area contributed by atoms with Crippen LogP contribution in [0.3, 0.4) is 0 Å². The van der Waals surface area contributed by atoms with Gasteiger partial charge >= 0.3 is 0 Å². The van der Waals surface area contributed by atoms with Crippen molar-refractivity contribution in [2.45, 2.75) is 20.3 Å². The first-order valence-corrected chi connectivity index (χ1v) is 6.22. The van der Waals surface area contributed by atoms with E-state index in [1.165, 1.54) is 6.07 Å². The van der Waals surface area contributed by atoms with Crippen molar-refractivity contribution in [2.75, 3.05) is 13.1 Å². The highest BCUT2D eigenvalue weighted by atomic mass is 19.1. The second kappa shape index (κ2) is 5.04. The van der Waals surface area contributed by atoms with E-state index in [1.54, 1.807) is 4.90 Å². The first-order valence-electron chi connectivity index (χ1n) is 6.22. The molecule has 0 saturated carbocycles. The lowest BCUT2D eigenvalue weighted by atomic mass is 9.91. The predicted octanol–water partition coefficient (Wildman–Crippen LogP) is 3.08. The molecule has 2 rings (SSSR count). The Morgan fingerprint density at radius 2 is 1.67 bits per heavy atom. The normalized spacial score (nSPS) is 24.1. The summed E-state index contributed by atoms with van der Waals surface area (Å²) in [7, 11) is 0. The molecule has 0 N–H and O–H groups in total. The molecular weight excluding hydrogens is 236 g/mol. The van der Waals surface area contributed by atoms with Gasteiger partial charge in [0.15, 0.2) is 0 Å². The third kappa shape index (κ3) is 2.52. The summed E-state index contributed by atoms with van der Waals surface area (Å²) in [5.41, 5.74) is -0.432. The maximum Gasteiger partial charge on any atom is 0.259 e. The SMILES string of the molecule is CC1CC(C)CN(C(=O)c2c(F)cccc2F)C1. The molecule has 1 aliphatic rings. The van der Waals surface area contributed by atoms with Crippen LogP contribution in [0.25, 0.3) is 0 Å². The van der Waals surface area contributed by atoms with Crippen LogP contribution in [0, 0.1) is 23.5 Å². The van der Waals surface area contributed by atoms with E-state index in [0.717, 1.165) is 18.6 Å². The van der Waals surface area contributed by atoms with Crippen LogP contribution in [0.5, 0.6) is 0 Å². The molecule has 98 valence electrons. The summed E-state index contributed by atoms with van der Waals surface area (Å²) in [5.74, 6) is -1.37. The third-order valence-electron chi connectivity index (χ3n) is 3.33. The Morgan fingerprint density at radius 3 is 2.17 bits per heavy atom. The number of piperidine rings is 1. The number of nitrogens with zero attached hydrogens (tertiary/aromatic N) is 1. The average Bonchev–Trinajstić information content (AvgIpc) is 2.27. The van der Waals surface area contributed by atoms with E-state index in [2.05, 4.69) is 0 Å². The van der Waals surface area contributed by atoms with Crippen LogP contribution < -0.4 is 0 Å². The molecule has 1 aromatic carbocycles. The fourth-order valence-electron chi connectivity index (χ4n) is 2.69. The van der Waals surface area contributed by atoms with Gasteiger partial charge in [-0.1, -0.05) is 19.9 Å². The lowest BCUT2D eigenvalue weighted by Gasteiger charge is -2.35. The van der Waals surface area contributed by atoms with Gasteiger partial charge in [0, 0.05) is 13.1 Å². The lowest BCUT2D eigenvalue weighted by molar-refractivity contribution is 0.0613. The molecule has 2 unspecified atom stereocenters. The monoisotopic (exact) mass is 253 g/mol. The van der Waals surface area contributed by atoms with Gasteiger partial charge in [0.25, 0.3) is 5.91 Å². The number of halogens is 2. The molecule has 0 spiro atoms. The van der Waals surface area contributed by atoms with Crippen molar-refractivity contribution in [3.63, 3.8) is 0 Å². The molecule has 0 radical (unpaired) electrons. The third-order valence-corrected chi connectivity index (χ3v) is 3.33.